The van der Waals surface area contributed by atoms with E-state index in [2.05, 4.69) is 25.5 Å². The van der Waals surface area contributed by atoms with Crippen LogP contribution >= 0.6 is 0 Å². The SMILES string of the molecule is O=C(O)C1CC(c2ncc3cn[nH]c3n2)CCN1. The van der Waals surface area contributed by atoms with Crippen molar-refractivity contribution < 1.29 is 9.90 Å². The minimum absolute atomic E-state index is 0.0834. The second kappa shape index (κ2) is 4.34. The zero-order chi connectivity index (χ0) is 12.5. The Kier molecular flexibility index (Phi) is 2.67. The van der Waals surface area contributed by atoms with E-state index < -0.39 is 12.0 Å². The van der Waals surface area contributed by atoms with Gasteiger partial charge in [0.15, 0.2) is 5.65 Å². The maximum Gasteiger partial charge on any atom is 0.320 e. The average Bonchev–Trinajstić information content (AvgIpc) is 2.86. The Morgan fingerprint density at radius 2 is 2.33 bits per heavy atom. The molecule has 1 saturated heterocycles. The fraction of sp³-hybridized carbons (Fsp3) is 0.455. The van der Waals surface area contributed by atoms with E-state index in [9.17, 15) is 4.79 Å². The van der Waals surface area contributed by atoms with E-state index in [-0.39, 0.29) is 5.92 Å². The third kappa shape index (κ3) is 1.92. The van der Waals surface area contributed by atoms with Crippen molar-refractivity contribution in [2.45, 2.75) is 24.8 Å². The number of rotatable bonds is 2. The summed E-state index contributed by atoms with van der Waals surface area (Å²) in [5.41, 5.74) is 0.699. The van der Waals surface area contributed by atoms with E-state index in [1.54, 1.807) is 12.4 Å². The first-order valence-corrected chi connectivity index (χ1v) is 5.86. The number of H-pyrrole nitrogens is 1. The number of nitrogens with one attached hydrogen (secondary N) is 2. The molecule has 3 N–H and O–H groups in total. The molecule has 0 aromatic carbocycles. The van der Waals surface area contributed by atoms with Gasteiger partial charge in [0.1, 0.15) is 11.9 Å². The molecule has 1 aliphatic rings. The van der Waals surface area contributed by atoms with Gasteiger partial charge in [0.2, 0.25) is 0 Å². The van der Waals surface area contributed by atoms with E-state index in [1.807, 2.05) is 0 Å². The summed E-state index contributed by atoms with van der Waals surface area (Å²) in [6.07, 6.45) is 4.76. The molecule has 1 aliphatic heterocycles. The Bertz CT molecular complexity index is 582. The van der Waals surface area contributed by atoms with Crippen LogP contribution in [0, 0.1) is 0 Å². The van der Waals surface area contributed by atoms with Crippen molar-refractivity contribution in [1.82, 2.24) is 25.5 Å². The molecule has 0 spiro atoms. The van der Waals surface area contributed by atoms with Gasteiger partial charge in [-0.25, -0.2) is 9.97 Å². The largest absolute Gasteiger partial charge is 0.480 e. The first-order valence-electron chi connectivity index (χ1n) is 5.86. The first kappa shape index (κ1) is 11.1. The minimum atomic E-state index is -0.817. The zero-order valence-electron chi connectivity index (χ0n) is 9.63. The van der Waals surface area contributed by atoms with Gasteiger partial charge < -0.3 is 10.4 Å². The summed E-state index contributed by atoms with van der Waals surface area (Å²) in [4.78, 5) is 19.7. The molecule has 0 radical (unpaired) electrons. The zero-order valence-corrected chi connectivity index (χ0v) is 9.63. The smallest absolute Gasteiger partial charge is 0.320 e. The predicted molar refractivity (Wildman–Crippen MR) is 63.1 cm³/mol. The quantitative estimate of drug-likeness (QED) is 0.704. The number of aromatic nitrogens is 4. The van der Waals surface area contributed by atoms with Crippen LogP contribution in [0.2, 0.25) is 0 Å². The van der Waals surface area contributed by atoms with Crippen LogP contribution in [-0.2, 0) is 4.79 Å². The lowest BCUT2D eigenvalue weighted by Crippen LogP contribution is -2.43. The molecule has 3 rings (SSSR count). The summed E-state index contributed by atoms with van der Waals surface area (Å²) in [5.74, 6) is -0.0399. The number of carboxylic acids is 1. The number of fused-ring (bicyclic) bond motifs is 1. The standard InChI is InChI=1S/C11H13N5O2/c17-11(18)8-3-6(1-2-12-8)9-13-4-7-5-14-16-10(7)15-9/h4-6,8,12H,1-3H2,(H,17,18)(H,13,14,15,16). The molecule has 0 bridgehead atoms. The second-order valence-corrected chi connectivity index (χ2v) is 4.47. The molecule has 94 valence electrons. The van der Waals surface area contributed by atoms with Crippen LogP contribution in [-0.4, -0.2) is 43.8 Å². The van der Waals surface area contributed by atoms with E-state index in [0.717, 1.165) is 11.8 Å². The summed E-state index contributed by atoms with van der Waals surface area (Å²) >= 11 is 0. The number of carbonyl (C=O) groups is 1. The molecule has 3 heterocycles. The highest BCUT2D eigenvalue weighted by molar-refractivity contribution is 5.74. The van der Waals surface area contributed by atoms with Crippen LogP contribution in [0.15, 0.2) is 12.4 Å². The van der Waals surface area contributed by atoms with Gasteiger partial charge in [-0.3, -0.25) is 9.89 Å². The van der Waals surface area contributed by atoms with E-state index in [0.29, 0.717) is 24.4 Å². The normalized spacial score (nSPS) is 24.2. The second-order valence-electron chi connectivity index (χ2n) is 4.47. The molecule has 1 fully saturated rings. The molecular formula is C11H13N5O2. The van der Waals surface area contributed by atoms with Crippen molar-refractivity contribution in [3.63, 3.8) is 0 Å². The van der Waals surface area contributed by atoms with Gasteiger partial charge in [-0.05, 0) is 19.4 Å². The van der Waals surface area contributed by atoms with E-state index in [1.165, 1.54) is 0 Å². The van der Waals surface area contributed by atoms with Crippen molar-refractivity contribution in [2.24, 2.45) is 0 Å². The summed E-state index contributed by atoms with van der Waals surface area (Å²) in [6.45, 7) is 0.673. The van der Waals surface area contributed by atoms with Crippen LogP contribution in [0.5, 0.6) is 0 Å². The third-order valence-electron chi connectivity index (χ3n) is 3.28. The molecule has 7 nitrogen and oxygen atoms in total. The van der Waals surface area contributed by atoms with E-state index >= 15 is 0 Å². The maximum atomic E-state index is 11.0. The molecule has 18 heavy (non-hydrogen) atoms. The van der Waals surface area contributed by atoms with Crippen molar-refractivity contribution >= 4 is 17.0 Å². The molecular weight excluding hydrogens is 234 g/mol. The van der Waals surface area contributed by atoms with Crippen molar-refractivity contribution in [2.75, 3.05) is 6.54 Å². The summed E-state index contributed by atoms with van der Waals surface area (Å²) < 4.78 is 0. The number of piperidine rings is 1. The molecule has 2 aromatic rings. The number of carboxylic acid groups (broad SMARTS) is 1. The highest BCUT2D eigenvalue weighted by Gasteiger charge is 2.29. The minimum Gasteiger partial charge on any atom is -0.480 e. The maximum absolute atomic E-state index is 11.0. The number of nitrogens with zero attached hydrogens (tertiary/aromatic N) is 3. The molecule has 7 heteroatoms. The Morgan fingerprint density at radius 1 is 1.44 bits per heavy atom. The van der Waals surface area contributed by atoms with Gasteiger partial charge in [0.05, 0.1) is 11.6 Å². The Labute approximate surface area is 103 Å². The lowest BCUT2D eigenvalue weighted by atomic mass is 9.92. The molecule has 2 atom stereocenters. The molecule has 2 unspecified atom stereocenters. The monoisotopic (exact) mass is 247 g/mol. The van der Waals surface area contributed by atoms with Gasteiger partial charge in [-0.15, -0.1) is 0 Å². The first-order chi connectivity index (χ1) is 8.74. The molecule has 2 aromatic heterocycles. The molecule has 0 amide bonds. The lowest BCUT2D eigenvalue weighted by Gasteiger charge is -2.26. The van der Waals surface area contributed by atoms with Gasteiger partial charge >= 0.3 is 5.97 Å². The highest BCUT2D eigenvalue weighted by atomic mass is 16.4. The van der Waals surface area contributed by atoms with Crippen LogP contribution < -0.4 is 5.32 Å². The average molecular weight is 247 g/mol. The van der Waals surface area contributed by atoms with Crippen molar-refractivity contribution in [3.8, 4) is 0 Å². The van der Waals surface area contributed by atoms with Gasteiger partial charge in [-0.2, -0.15) is 5.10 Å². The fourth-order valence-electron chi connectivity index (χ4n) is 2.29. The summed E-state index contributed by atoms with van der Waals surface area (Å²) in [5, 5.41) is 19.6. The van der Waals surface area contributed by atoms with Gasteiger partial charge in [0.25, 0.3) is 0 Å². The van der Waals surface area contributed by atoms with Gasteiger partial charge in [0, 0.05) is 12.1 Å². The van der Waals surface area contributed by atoms with Crippen molar-refractivity contribution in [3.05, 3.63) is 18.2 Å². The number of hydrogen-bond acceptors (Lipinski definition) is 5. The van der Waals surface area contributed by atoms with Crippen LogP contribution in [0.25, 0.3) is 11.0 Å². The van der Waals surface area contributed by atoms with Crippen LogP contribution in [0.1, 0.15) is 24.6 Å². The summed E-state index contributed by atoms with van der Waals surface area (Å²) in [6, 6.07) is -0.509. The number of aliphatic carboxylic acids is 1. The van der Waals surface area contributed by atoms with Gasteiger partial charge in [-0.1, -0.05) is 0 Å². The van der Waals surface area contributed by atoms with Crippen LogP contribution in [0.3, 0.4) is 0 Å². The van der Waals surface area contributed by atoms with Crippen LogP contribution in [0.4, 0.5) is 0 Å². The Morgan fingerprint density at radius 3 is 3.17 bits per heavy atom. The van der Waals surface area contributed by atoms with Crippen molar-refractivity contribution in [1.29, 1.82) is 0 Å². The number of hydrogen-bond donors (Lipinski definition) is 3. The lowest BCUT2D eigenvalue weighted by molar-refractivity contribution is -0.140. The third-order valence-corrected chi connectivity index (χ3v) is 3.28. The highest BCUT2D eigenvalue weighted by Crippen LogP contribution is 2.25. The summed E-state index contributed by atoms with van der Waals surface area (Å²) in [7, 11) is 0. The predicted octanol–water partition coefficient (Wildman–Crippen LogP) is 0.273. The molecule has 0 aliphatic carbocycles. The number of aromatic amines is 1. The Balaban J connectivity index is 1.86. The fourth-order valence-corrected chi connectivity index (χ4v) is 2.29. The Hall–Kier alpha value is -2.02. The molecule has 0 saturated carbocycles. The topological polar surface area (TPSA) is 104 Å². The van der Waals surface area contributed by atoms with E-state index in [4.69, 9.17) is 5.11 Å².